The van der Waals surface area contributed by atoms with E-state index in [2.05, 4.69) is 20.4 Å². The van der Waals surface area contributed by atoms with Gasteiger partial charge in [-0.15, -0.1) is 0 Å². The van der Waals surface area contributed by atoms with Gasteiger partial charge in [-0.05, 0) is 24.2 Å². The first kappa shape index (κ1) is 8.03. The molecular formula is C11H16O. The van der Waals surface area contributed by atoms with Crippen molar-refractivity contribution < 1.29 is 4.79 Å². The molecular weight excluding hydrogens is 148 g/mol. The summed E-state index contributed by atoms with van der Waals surface area (Å²) in [5.74, 6) is 1.32. The fraction of sp³-hybridized carbons (Fsp3) is 0.727. The Labute approximate surface area is 73.8 Å². The lowest BCUT2D eigenvalue weighted by Gasteiger charge is -2.49. The summed E-state index contributed by atoms with van der Waals surface area (Å²) < 4.78 is 0. The molecule has 1 nitrogen and oxygen atoms in total. The van der Waals surface area contributed by atoms with Crippen LogP contribution in [-0.2, 0) is 4.79 Å². The first-order valence-corrected chi connectivity index (χ1v) is 4.78. The number of ketones is 1. The maximum Gasteiger partial charge on any atom is 0.140 e. The number of fused-ring (bicyclic) bond motifs is 1. The van der Waals surface area contributed by atoms with Gasteiger partial charge in [0.25, 0.3) is 0 Å². The standard InChI is InChI=1S/C11H16O/c1-7(2)11-5-4-9(12)10(11)8(3)6-11/h7,10H,3-6H2,1-2H3. The van der Waals surface area contributed by atoms with Crippen LogP contribution in [0.15, 0.2) is 12.2 Å². The Morgan fingerprint density at radius 2 is 2.25 bits per heavy atom. The SMILES string of the molecule is C=C1CC2(C(C)C)CCC(=O)C12. The average molecular weight is 164 g/mol. The summed E-state index contributed by atoms with van der Waals surface area (Å²) in [6, 6.07) is 0. The van der Waals surface area contributed by atoms with Crippen LogP contribution in [0.3, 0.4) is 0 Å². The van der Waals surface area contributed by atoms with Gasteiger partial charge in [-0.25, -0.2) is 0 Å². The minimum Gasteiger partial charge on any atom is -0.299 e. The Morgan fingerprint density at radius 3 is 2.67 bits per heavy atom. The topological polar surface area (TPSA) is 17.1 Å². The summed E-state index contributed by atoms with van der Waals surface area (Å²) in [5.41, 5.74) is 1.51. The summed E-state index contributed by atoms with van der Waals surface area (Å²) in [6.45, 7) is 8.43. The number of hydrogen-bond acceptors (Lipinski definition) is 1. The fourth-order valence-electron chi connectivity index (χ4n) is 3.01. The molecule has 2 aliphatic carbocycles. The van der Waals surface area contributed by atoms with Crippen molar-refractivity contribution in [3.63, 3.8) is 0 Å². The van der Waals surface area contributed by atoms with Crippen LogP contribution in [0, 0.1) is 17.3 Å². The van der Waals surface area contributed by atoms with Gasteiger partial charge < -0.3 is 0 Å². The van der Waals surface area contributed by atoms with E-state index in [-0.39, 0.29) is 5.92 Å². The minimum atomic E-state index is 0.234. The lowest BCUT2D eigenvalue weighted by Crippen LogP contribution is -2.44. The summed E-state index contributed by atoms with van der Waals surface area (Å²) in [5, 5.41) is 0. The third-order valence-electron chi connectivity index (χ3n) is 3.85. The molecule has 66 valence electrons. The van der Waals surface area contributed by atoms with Crippen molar-refractivity contribution in [3.05, 3.63) is 12.2 Å². The van der Waals surface area contributed by atoms with Gasteiger partial charge in [-0.3, -0.25) is 4.79 Å². The van der Waals surface area contributed by atoms with Crippen LogP contribution in [-0.4, -0.2) is 5.78 Å². The Morgan fingerprint density at radius 1 is 1.58 bits per heavy atom. The highest BCUT2D eigenvalue weighted by molar-refractivity contribution is 5.89. The monoisotopic (exact) mass is 164 g/mol. The normalized spacial score (nSPS) is 40.1. The molecule has 0 aliphatic heterocycles. The average Bonchev–Trinajstić information content (AvgIpc) is 2.21. The second-order valence-corrected chi connectivity index (χ2v) is 4.62. The van der Waals surface area contributed by atoms with E-state index < -0.39 is 0 Å². The molecule has 2 saturated carbocycles. The zero-order valence-corrected chi connectivity index (χ0v) is 7.89. The number of carbonyl (C=O) groups excluding carboxylic acids is 1. The van der Waals surface area contributed by atoms with E-state index >= 15 is 0 Å². The van der Waals surface area contributed by atoms with Crippen LogP contribution in [0.2, 0.25) is 0 Å². The van der Waals surface area contributed by atoms with Gasteiger partial charge in [-0.1, -0.05) is 26.0 Å². The highest BCUT2D eigenvalue weighted by Gasteiger charge is 2.58. The third-order valence-corrected chi connectivity index (χ3v) is 3.85. The van der Waals surface area contributed by atoms with Gasteiger partial charge in [0.1, 0.15) is 5.78 Å². The number of rotatable bonds is 1. The van der Waals surface area contributed by atoms with E-state index in [9.17, 15) is 4.79 Å². The molecule has 0 N–H and O–H groups in total. The number of hydrogen-bond donors (Lipinski definition) is 0. The van der Waals surface area contributed by atoms with Gasteiger partial charge in [-0.2, -0.15) is 0 Å². The van der Waals surface area contributed by atoms with E-state index in [1.807, 2.05) is 0 Å². The molecule has 2 fully saturated rings. The smallest absolute Gasteiger partial charge is 0.140 e. The van der Waals surface area contributed by atoms with E-state index in [0.717, 1.165) is 19.3 Å². The zero-order valence-electron chi connectivity index (χ0n) is 7.89. The van der Waals surface area contributed by atoms with Crippen molar-refractivity contribution in [2.75, 3.05) is 0 Å². The summed E-state index contributed by atoms with van der Waals surface area (Å²) in [4.78, 5) is 11.5. The number of carbonyl (C=O) groups is 1. The Balaban J connectivity index is 2.30. The molecule has 0 saturated heterocycles. The zero-order chi connectivity index (χ0) is 8.93. The summed E-state index contributed by atoms with van der Waals surface area (Å²) in [6.07, 6.45) is 3.00. The first-order valence-electron chi connectivity index (χ1n) is 4.78. The van der Waals surface area contributed by atoms with Crippen molar-refractivity contribution in [1.82, 2.24) is 0 Å². The van der Waals surface area contributed by atoms with Crippen molar-refractivity contribution in [2.24, 2.45) is 17.3 Å². The highest BCUT2D eigenvalue weighted by atomic mass is 16.1. The van der Waals surface area contributed by atoms with Crippen LogP contribution in [0.1, 0.15) is 33.1 Å². The van der Waals surface area contributed by atoms with Crippen molar-refractivity contribution in [3.8, 4) is 0 Å². The number of allylic oxidation sites excluding steroid dienone is 1. The molecule has 2 aliphatic rings. The van der Waals surface area contributed by atoms with Crippen LogP contribution in [0.25, 0.3) is 0 Å². The molecule has 0 bridgehead atoms. The van der Waals surface area contributed by atoms with Gasteiger partial charge in [0.15, 0.2) is 0 Å². The molecule has 0 heterocycles. The van der Waals surface area contributed by atoms with E-state index in [1.54, 1.807) is 0 Å². The van der Waals surface area contributed by atoms with Crippen molar-refractivity contribution in [1.29, 1.82) is 0 Å². The second kappa shape index (κ2) is 2.21. The third kappa shape index (κ3) is 0.720. The van der Waals surface area contributed by atoms with Crippen LogP contribution >= 0.6 is 0 Å². The molecule has 0 aromatic heterocycles. The second-order valence-electron chi connectivity index (χ2n) is 4.62. The van der Waals surface area contributed by atoms with E-state index in [0.29, 0.717) is 17.1 Å². The molecule has 0 aromatic rings. The molecule has 1 heteroatoms. The predicted molar refractivity (Wildman–Crippen MR) is 48.8 cm³/mol. The lowest BCUT2D eigenvalue weighted by molar-refractivity contribution is -0.123. The predicted octanol–water partition coefficient (Wildman–Crippen LogP) is 2.57. The molecule has 0 radical (unpaired) electrons. The Kier molecular flexibility index (Phi) is 1.48. The maximum atomic E-state index is 11.5. The Bertz CT molecular complexity index is 252. The van der Waals surface area contributed by atoms with Crippen LogP contribution < -0.4 is 0 Å². The lowest BCUT2D eigenvalue weighted by atomic mass is 9.54. The first-order chi connectivity index (χ1) is 5.58. The minimum absolute atomic E-state index is 0.234. The molecule has 0 aromatic carbocycles. The summed E-state index contributed by atoms with van der Waals surface area (Å²) >= 11 is 0. The molecule has 2 rings (SSSR count). The molecule has 12 heavy (non-hydrogen) atoms. The largest absolute Gasteiger partial charge is 0.299 e. The molecule has 2 unspecified atom stereocenters. The molecule has 2 atom stereocenters. The van der Waals surface area contributed by atoms with Gasteiger partial charge in [0.05, 0.1) is 0 Å². The Hall–Kier alpha value is -0.590. The van der Waals surface area contributed by atoms with E-state index in [1.165, 1.54) is 5.57 Å². The quantitative estimate of drug-likeness (QED) is 0.544. The van der Waals surface area contributed by atoms with Crippen LogP contribution in [0.5, 0.6) is 0 Å². The maximum absolute atomic E-state index is 11.5. The summed E-state index contributed by atoms with van der Waals surface area (Å²) in [7, 11) is 0. The van der Waals surface area contributed by atoms with Crippen LogP contribution in [0.4, 0.5) is 0 Å². The van der Waals surface area contributed by atoms with E-state index in [4.69, 9.17) is 0 Å². The molecule has 0 spiro atoms. The van der Waals surface area contributed by atoms with Gasteiger partial charge in [0.2, 0.25) is 0 Å². The number of Topliss-reactive ketones (excluding diaryl/α,β-unsaturated/α-hetero) is 1. The fourth-order valence-corrected chi connectivity index (χ4v) is 3.01. The molecule has 0 amide bonds. The van der Waals surface area contributed by atoms with Gasteiger partial charge in [0, 0.05) is 12.3 Å². The van der Waals surface area contributed by atoms with Gasteiger partial charge >= 0.3 is 0 Å². The van der Waals surface area contributed by atoms with Crippen molar-refractivity contribution >= 4 is 5.78 Å². The highest BCUT2D eigenvalue weighted by Crippen LogP contribution is 2.62. The van der Waals surface area contributed by atoms with Crippen molar-refractivity contribution in [2.45, 2.75) is 33.1 Å².